The lowest BCUT2D eigenvalue weighted by Gasteiger charge is -2.25. The summed E-state index contributed by atoms with van der Waals surface area (Å²) in [4.78, 5) is 13.4. The number of nitrogens with zero attached hydrogens (tertiary/aromatic N) is 1. The fourth-order valence-electron chi connectivity index (χ4n) is 3.64. The number of carbonyl (C=O) groups excluding carboxylic acids is 1. The van der Waals surface area contributed by atoms with Crippen molar-refractivity contribution in [1.82, 2.24) is 10.2 Å². The van der Waals surface area contributed by atoms with E-state index in [1.807, 2.05) is 6.92 Å². The Kier molecular flexibility index (Phi) is 10.1. The molecule has 0 unspecified atom stereocenters. The first kappa shape index (κ1) is 29.8. The fourth-order valence-corrected chi connectivity index (χ4v) is 4.90. The summed E-state index contributed by atoms with van der Waals surface area (Å²) >= 11 is 5.71. The lowest BCUT2D eigenvalue weighted by Crippen LogP contribution is -2.39. The molecule has 3 rings (SSSR count). The fraction of sp³-hybridized carbons (Fsp3) is 0.360. The summed E-state index contributed by atoms with van der Waals surface area (Å²) in [5, 5.41) is 6.16. The van der Waals surface area contributed by atoms with Crippen LogP contribution in [0.2, 0.25) is 0 Å². The maximum atomic E-state index is 14.1. The molecule has 0 aliphatic carbocycles. The molecule has 0 spiro atoms. The average Bonchev–Trinajstić information content (AvgIpc) is 2.85. The number of hydrogen-bond donors (Lipinski definition) is 2. The van der Waals surface area contributed by atoms with Crippen LogP contribution in [0, 0.1) is 0 Å². The highest BCUT2D eigenvalue weighted by atomic mass is 32.2. The molecule has 0 saturated carbocycles. The van der Waals surface area contributed by atoms with Gasteiger partial charge in [0.05, 0.1) is 24.3 Å². The van der Waals surface area contributed by atoms with Gasteiger partial charge < -0.3 is 20.3 Å². The Balaban J connectivity index is 1.97. The molecule has 2 aromatic carbocycles. The summed E-state index contributed by atoms with van der Waals surface area (Å²) < 4.78 is 89.7. The lowest BCUT2D eigenvalue weighted by molar-refractivity contribution is -0.163. The third-order valence-corrected chi connectivity index (χ3v) is 6.65. The summed E-state index contributed by atoms with van der Waals surface area (Å²) in [5.41, 5.74) is -3.94. The summed E-state index contributed by atoms with van der Waals surface area (Å²) in [7, 11) is 0. The normalized spacial score (nSPS) is 14.6. The molecule has 1 aliphatic heterocycles. The van der Waals surface area contributed by atoms with Crippen LogP contribution < -0.4 is 10.6 Å². The Bertz CT molecular complexity index is 1180. The molecular formula is C25H25F6N3O2S2. The number of ether oxygens (including phenoxy) is 1. The van der Waals surface area contributed by atoms with Gasteiger partial charge in [-0.15, -0.1) is 0 Å². The SMILES string of the molecule is CCCNC(=S)Nc1cccc(Sc2ccc(/C=C/C(=O)N3CCOCC3)c(C(F)(F)F)c2C(F)(F)F)c1. The average molecular weight is 578 g/mol. The summed E-state index contributed by atoms with van der Waals surface area (Å²) in [6.45, 7) is 3.60. The summed E-state index contributed by atoms with van der Waals surface area (Å²) in [6, 6.07) is 8.09. The van der Waals surface area contributed by atoms with Gasteiger partial charge in [0.1, 0.15) is 0 Å². The molecule has 2 aromatic rings. The van der Waals surface area contributed by atoms with Crippen molar-refractivity contribution >= 4 is 46.8 Å². The van der Waals surface area contributed by atoms with Crippen LogP contribution >= 0.6 is 24.0 Å². The molecule has 1 amide bonds. The zero-order valence-electron chi connectivity index (χ0n) is 20.2. The molecule has 0 bridgehead atoms. The molecule has 1 saturated heterocycles. The molecule has 1 aliphatic rings. The van der Waals surface area contributed by atoms with Crippen molar-refractivity contribution in [2.45, 2.75) is 35.5 Å². The molecule has 38 heavy (non-hydrogen) atoms. The lowest BCUT2D eigenvalue weighted by atomic mass is 9.99. The quantitative estimate of drug-likeness (QED) is 0.224. The van der Waals surface area contributed by atoms with Crippen LogP contribution in [0.25, 0.3) is 6.08 Å². The van der Waals surface area contributed by atoms with Crippen LogP contribution in [0.15, 0.2) is 52.3 Å². The minimum Gasteiger partial charge on any atom is -0.378 e. The molecule has 0 radical (unpaired) electrons. The number of benzene rings is 2. The number of nitrogens with one attached hydrogen (secondary N) is 2. The number of rotatable bonds is 7. The van der Waals surface area contributed by atoms with Crippen molar-refractivity contribution in [2.24, 2.45) is 0 Å². The Morgan fingerprint density at radius 3 is 2.39 bits per heavy atom. The first-order chi connectivity index (χ1) is 17.9. The standard InChI is InChI=1S/C25H25F6N3O2S2/c1-2-10-32-23(37)33-17-4-3-5-18(15-17)38-19-8-6-16(7-9-20(35)34-11-13-36-14-12-34)21(24(26,27)28)22(19)25(29,30)31/h3-9,15H,2,10-14H2,1H3,(H2,32,33,37)/b9-7+. The van der Waals surface area contributed by atoms with Gasteiger partial charge in [0, 0.05) is 41.2 Å². The van der Waals surface area contributed by atoms with Crippen LogP contribution in [0.4, 0.5) is 32.0 Å². The number of alkyl halides is 6. The predicted molar refractivity (Wildman–Crippen MR) is 138 cm³/mol. The molecule has 0 aromatic heterocycles. The van der Waals surface area contributed by atoms with E-state index < -0.39 is 39.8 Å². The third kappa shape index (κ3) is 8.11. The Labute approximate surface area is 225 Å². The topological polar surface area (TPSA) is 53.6 Å². The number of hydrogen-bond acceptors (Lipinski definition) is 4. The van der Waals surface area contributed by atoms with Crippen molar-refractivity contribution in [2.75, 3.05) is 38.2 Å². The summed E-state index contributed by atoms with van der Waals surface area (Å²) in [6.07, 6.45) is -8.19. The maximum Gasteiger partial charge on any atom is 0.418 e. The smallest absolute Gasteiger partial charge is 0.378 e. The van der Waals surface area contributed by atoms with Crippen molar-refractivity contribution in [3.05, 3.63) is 59.2 Å². The first-order valence-corrected chi connectivity index (χ1v) is 12.8. The zero-order valence-corrected chi connectivity index (χ0v) is 21.8. The number of carbonyl (C=O) groups is 1. The van der Waals surface area contributed by atoms with Gasteiger partial charge in [-0.05, 0) is 54.5 Å². The minimum atomic E-state index is -5.33. The van der Waals surface area contributed by atoms with E-state index in [-0.39, 0.29) is 31.2 Å². The van der Waals surface area contributed by atoms with E-state index in [0.717, 1.165) is 30.7 Å². The molecule has 1 heterocycles. The highest BCUT2D eigenvalue weighted by molar-refractivity contribution is 7.99. The van der Waals surface area contributed by atoms with Crippen molar-refractivity contribution in [3.8, 4) is 0 Å². The zero-order chi connectivity index (χ0) is 27.9. The van der Waals surface area contributed by atoms with Crippen molar-refractivity contribution in [1.29, 1.82) is 0 Å². The Hall–Kier alpha value is -2.77. The van der Waals surface area contributed by atoms with Crippen LogP contribution in [-0.2, 0) is 21.9 Å². The van der Waals surface area contributed by atoms with Crippen LogP contribution in [0.1, 0.15) is 30.0 Å². The van der Waals surface area contributed by atoms with Gasteiger partial charge in [0.25, 0.3) is 0 Å². The van der Waals surface area contributed by atoms with Gasteiger partial charge in [-0.3, -0.25) is 4.79 Å². The van der Waals surface area contributed by atoms with E-state index in [4.69, 9.17) is 17.0 Å². The van der Waals surface area contributed by atoms with Gasteiger partial charge in [-0.25, -0.2) is 0 Å². The van der Waals surface area contributed by atoms with Crippen molar-refractivity contribution < 1.29 is 35.9 Å². The number of thiocarbonyl (C=S) groups is 1. The number of halogens is 6. The van der Waals surface area contributed by atoms with Gasteiger partial charge in [-0.2, -0.15) is 26.3 Å². The van der Waals surface area contributed by atoms with Gasteiger partial charge in [-0.1, -0.05) is 30.8 Å². The van der Waals surface area contributed by atoms with Crippen LogP contribution in [-0.4, -0.2) is 48.8 Å². The largest absolute Gasteiger partial charge is 0.418 e. The van der Waals surface area contributed by atoms with Crippen LogP contribution in [0.5, 0.6) is 0 Å². The van der Waals surface area contributed by atoms with E-state index in [1.54, 1.807) is 12.1 Å². The molecule has 1 fully saturated rings. The third-order valence-electron chi connectivity index (χ3n) is 5.35. The highest BCUT2D eigenvalue weighted by Crippen LogP contribution is 2.48. The molecule has 5 nitrogen and oxygen atoms in total. The van der Waals surface area contributed by atoms with Gasteiger partial charge in [0.15, 0.2) is 5.11 Å². The molecule has 13 heteroatoms. The van der Waals surface area contributed by atoms with Crippen molar-refractivity contribution in [3.63, 3.8) is 0 Å². The Morgan fingerprint density at radius 2 is 1.76 bits per heavy atom. The van der Waals surface area contributed by atoms with Crippen LogP contribution in [0.3, 0.4) is 0 Å². The van der Waals surface area contributed by atoms with E-state index in [1.165, 1.54) is 17.0 Å². The summed E-state index contributed by atoms with van der Waals surface area (Å²) in [5.74, 6) is -0.607. The molecular weight excluding hydrogens is 552 g/mol. The molecule has 0 atom stereocenters. The second-order valence-corrected chi connectivity index (χ2v) is 9.70. The number of amides is 1. The molecule has 2 N–H and O–H groups in total. The highest BCUT2D eigenvalue weighted by Gasteiger charge is 2.46. The second kappa shape index (κ2) is 12.9. The number of anilines is 1. The second-order valence-electron chi connectivity index (χ2n) is 8.18. The van der Waals surface area contributed by atoms with E-state index in [0.29, 0.717) is 29.1 Å². The monoisotopic (exact) mass is 577 g/mol. The number of morpholine rings is 1. The maximum absolute atomic E-state index is 14.1. The first-order valence-electron chi connectivity index (χ1n) is 11.6. The van der Waals surface area contributed by atoms with E-state index in [9.17, 15) is 31.1 Å². The van der Waals surface area contributed by atoms with E-state index in [2.05, 4.69) is 10.6 Å². The minimum absolute atomic E-state index is 0.242. The predicted octanol–water partition coefficient (Wildman–Crippen LogP) is 6.44. The van der Waals surface area contributed by atoms with Gasteiger partial charge in [0.2, 0.25) is 5.91 Å². The molecule has 206 valence electrons. The van der Waals surface area contributed by atoms with Gasteiger partial charge >= 0.3 is 12.4 Å². The Morgan fingerprint density at radius 1 is 1.08 bits per heavy atom. The van der Waals surface area contributed by atoms with E-state index >= 15 is 0 Å².